The van der Waals surface area contributed by atoms with Crippen LogP contribution in [0.5, 0.6) is 5.75 Å². The van der Waals surface area contributed by atoms with Crippen LogP contribution in [0.4, 0.5) is 19.2 Å². The fraction of sp³-hybridized carbons (Fsp3) is 0.500. The summed E-state index contributed by atoms with van der Waals surface area (Å²) in [6.07, 6.45) is -0.692. The number of aromatic nitrogens is 4. The number of halogens is 3. The SMILES string of the molecule is Cc1nc2c(cc(-c3nnc(N4CCC(F)(F)CC4)o3)n2C)c(-c2cc(F)c3c(c2C)CCCO3)c1[C@H](OC(C)(C)C)C(=O)O. The summed E-state index contributed by atoms with van der Waals surface area (Å²) in [6.45, 7) is 9.46. The lowest BCUT2D eigenvalue weighted by Gasteiger charge is -2.30. The first-order valence-corrected chi connectivity index (χ1v) is 15.0. The molecule has 2 aliphatic heterocycles. The summed E-state index contributed by atoms with van der Waals surface area (Å²) >= 11 is 0. The molecule has 0 saturated carbocycles. The fourth-order valence-corrected chi connectivity index (χ4v) is 6.25. The summed E-state index contributed by atoms with van der Waals surface area (Å²) < 4.78 is 62.6. The van der Waals surface area contributed by atoms with Gasteiger partial charge < -0.3 is 28.5 Å². The van der Waals surface area contributed by atoms with Crippen LogP contribution in [-0.2, 0) is 23.0 Å². The molecule has 1 aromatic carbocycles. The van der Waals surface area contributed by atoms with Crippen molar-refractivity contribution in [3.05, 3.63) is 40.3 Å². The standard InChI is InChI=1S/C32H36F3N5O5/c1-16-18-8-7-13-43-25(18)21(33)14-19(16)24-20-15-22(28-37-38-30(44-28)40-11-9-32(34,35)10-12-40)39(6)27(20)36-17(2)23(24)26(29(41)42)45-31(3,4)5/h14-15,26H,7-13H2,1-6H3,(H,41,42)/t26-/m0/s1. The molecule has 10 nitrogen and oxygen atoms in total. The number of alkyl halides is 2. The van der Waals surface area contributed by atoms with Gasteiger partial charge in [0.2, 0.25) is 0 Å². The quantitative estimate of drug-likeness (QED) is 0.254. The number of hydrogen-bond acceptors (Lipinski definition) is 8. The molecule has 3 aromatic heterocycles. The van der Waals surface area contributed by atoms with Gasteiger partial charge in [0.15, 0.2) is 17.7 Å². The van der Waals surface area contributed by atoms with Crippen LogP contribution >= 0.6 is 0 Å². The Morgan fingerprint density at radius 2 is 1.87 bits per heavy atom. The summed E-state index contributed by atoms with van der Waals surface area (Å²) in [6, 6.07) is 3.27. The average Bonchev–Trinajstić information content (AvgIpc) is 3.58. The minimum atomic E-state index is -2.72. The molecule has 1 saturated heterocycles. The topological polar surface area (TPSA) is 116 Å². The zero-order chi connectivity index (χ0) is 32.4. The summed E-state index contributed by atoms with van der Waals surface area (Å²) in [5.74, 6) is -4.12. The number of aliphatic carboxylic acids is 1. The number of ether oxygens (including phenoxy) is 2. The van der Waals surface area contributed by atoms with Gasteiger partial charge in [-0.15, -0.1) is 5.10 Å². The van der Waals surface area contributed by atoms with E-state index in [0.29, 0.717) is 52.1 Å². The van der Waals surface area contributed by atoms with Gasteiger partial charge in [-0.3, -0.25) is 0 Å². The molecule has 0 aliphatic carbocycles. The lowest BCUT2D eigenvalue weighted by Crippen LogP contribution is -2.39. The zero-order valence-electron chi connectivity index (χ0n) is 26.1. The lowest BCUT2D eigenvalue weighted by atomic mass is 9.86. The number of hydrogen-bond donors (Lipinski definition) is 1. The van der Waals surface area contributed by atoms with Gasteiger partial charge in [-0.1, -0.05) is 5.10 Å². The molecule has 0 unspecified atom stereocenters. The third kappa shape index (κ3) is 5.62. The molecule has 1 atom stereocenters. The van der Waals surface area contributed by atoms with Gasteiger partial charge in [-0.2, -0.15) is 0 Å². The van der Waals surface area contributed by atoms with Crippen molar-refractivity contribution in [3.8, 4) is 28.5 Å². The Labute approximate surface area is 258 Å². The van der Waals surface area contributed by atoms with Crippen molar-refractivity contribution in [1.29, 1.82) is 0 Å². The number of rotatable bonds is 6. The van der Waals surface area contributed by atoms with E-state index < -0.39 is 29.4 Å². The fourth-order valence-electron chi connectivity index (χ4n) is 6.25. The van der Waals surface area contributed by atoms with Crippen molar-refractivity contribution in [2.24, 2.45) is 7.05 Å². The van der Waals surface area contributed by atoms with Crippen LogP contribution in [0.2, 0.25) is 0 Å². The largest absolute Gasteiger partial charge is 0.490 e. The Bertz CT molecular complexity index is 1800. The molecule has 1 N–H and O–H groups in total. The maximum absolute atomic E-state index is 15.7. The number of aryl methyl sites for hydroxylation is 2. The van der Waals surface area contributed by atoms with Crippen molar-refractivity contribution < 1.29 is 37.0 Å². The minimum absolute atomic E-state index is 0.0786. The number of carboxylic acids is 1. The Kier molecular flexibility index (Phi) is 7.57. The maximum Gasteiger partial charge on any atom is 0.337 e. The highest BCUT2D eigenvalue weighted by molar-refractivity contribution is 6.01. The molecular weight excluding hydrogens is 591 g/mol. The van der Waals surface area contributed by atoms with Gasteiger partial charge in [-0.25, -0.2) is 22.9 Å². The Hall–Kier alpha value is -4.13. The number of fused-ring (bicyclic) bond motifs is 2. The number of carbonyl (C=O) groups is 1. The maximum atomic E-state index is 15.7. The number of carboxylic acid groups (broad SMARTS) is 1. The van der Waals surface area contributed by atoms with Crippen molar-refractivity contribution in [3.63, 3.8) is 0 Å². The van der Waals surface area contributed by atoms with Crippen LogP contribution in [0.25, 0.3) is 33.7 Å². The number of piperidine rings is 1. The second-order valence-electron chi connectivity index (χ2n) is 12.8. The predicted octanol–water partition coefficient (Wildman–Crippen LogP) is 6.55. The first kappa shape index (κ1) is 30.9. The van der Waals surface area contributed by atoms with Gasteiger partial charge in [0.05, 0.1) is 12.2 Å². The number of nitrogens with zero attached hydrogens (tertiary/aromatic N) is 5. The molecule has 6 rings (SSSR count). The Balaban J connectivity index is 1.58. The van der Waals surface area contributed by atoms with E-state index in [1.165, 1.54) is 6.07 Å². The molecule has 0 radical (unpaired) electrons. The molecule has 13 heteroatoms. The third-order valence-corrected chi connectivity index (χ3v) is 8.47. The predicted molar refractivity (Wildman–Crippen MR) is 160 cm³/mol. The zero-order valence-corrected chi connectivity index (χ0v) is 26.1. The first-order valence-electron chi connectivity index (χ1n) is 15.0. The van der Waals surface area contributed by atoms with E-state index in [9.17, 15) is 18.7 Å². The van der Waals surface area contributed by atoms with Gasteiger partial charge in [0.25, 0.3) is 11.8 Å². The second-order valence-corrected chi connectivity index (χ2v) is 12.8. The molecule has 0 bridgehead atoms. The highest BCUT2D eigenvalue weighted by Crippen LogP contribution is 2.45. The van der Waals surface area contributed by atoms with Crippen LogP contribution in [-0.4, -0.2) is 62.0 Å². The smallest absolute Gasteiger partial charge is 0.337 e. The Morgan fingerprint density at radius 1 is 1.16 bits per heavy atom. The van der Waals surface area contributed by atoms with E-state index in [-0.39, 0.29) is 43.6 Å². The molecule has 0 amide bonds. The number of benzene rings is 1. The molecule has 45 heavy (non-hydrogen) atoms. The van der Waals surface area contributed by atoms with Crippen molar-refractivity contribution in [2.75, 3.05) is 24.6 Å². The van der Waals surface area contributed by atoms with Crippen LogP contribution in [0.15, 0.2) is 16.5 Å². The molecule has 1 fully saturated rings. The van der Waals surface area contributed by atoms with Crippen molar-refractivity contribution >= 4 is 23.0 Å². The molecule has 2 aliphatic rings. The van der Waals surface area contributed by atoms with E-state index in [0.717, 1.165) is 17.5 Å². The molecule has 4 aromatic rings. The summed E-state index contributed by atoms with van der Waals surface area (Å²) in [5.41, 5.74) is 3.31. The van der Waals surface area contributed by atoms with Gasteiger partial charge >= 0.3 is 12.0 Å². The first-order chi connectivity index (χ1) is 21.1. The highest BCUT2D eigenvalue weighted by Gasteiger charge is 2.37. The monoisotopic (exact) mass is 627 g/mol. The van der Waals surface area contributed by atoms with E-state index in [1.54, 1.807) is 50.3 Å². The van der Waals surface area contributed by atoms with Gasteiger partial charge in [0.1, 0.15) is 11.3 Å². The van der Waals surface area contributed by atoms with E-state index in [4.69, 9.17) is 18.9 Å². The summed E-state index contributed by atoms with van der Waals surface area (Å²) in [7, 11) is 1.76. The number of anilines is 1. The normalized spacial score (nSPS) is 17.3. The van der Waals surface area contributed by atoms with Crippen molar-refractivity contribution in [2.45, 2.75) is 77.9 Å². The molecule has 5 heterocycles. The van der Waals surface area contributed by atoms with Crippen LogP contribution in [0, 0.1) is 19.7 Å². The number of pyridine rings is 1. The van der Waals surface area contributed by atoms with Gasteiger partial charge in [-0.05, 0) is 70.7 Å². The van der Waals surface area contributed by atoms with Crippen LogP contribution in [0.1, 0.15) is 68.5 Å². The van der Waals surface area contributed by atoms with Crippen LogP contribution < -0.4 is 9.64 Å². The lowest BCUT2D eigenvalue weighted by molar-refractivity contribution is -0.160. The van der Waals surface area contributed by atoms with Crippen LogP contribution in [0.3, 0.4) is 0 Å². The highest BCUT2D eigenvalue weighted by atomic mass is 19.3. The minimum Gasteiger partial charge on any atom is -0.490 e. The molecular formula is C32H36F3N5O5. The average molecular weight is 628 g/mol. The third-order valence-electron chi connectivity index (χ3n) is 8.47. The van der Waals surface area contributed by atoms with E-state index >= 15 is 4.39 Å². The summed E-state index contributed by atoms with van der Waals surface area (Å²) in [4.78, 5) is 19.2. The Morgan fingerprint density at radius 3 is 2.53 bits per heavy atom. The van der Waals surface area contributed by atoms with E-state index in [2.05, 4.69) is 10.2 Å². The molecule has 0 spiro atoms. The summed E-state index contributed by atoms with van der Waals surface area (Å²) in [5, 5.41) is 19.3. The molecule has 240 valence electrons. The second kappa shape index (κ2) is 11.0. The van der Waals surface area contributed by atoms with Crippen molar-refractivity contribution in [1.82, 2.24) is 19.7 Å². The van der Waals surface area contributed by atoms with E-state index in [1.807, 2.05) is 6.92 Å². The van der Waals surface area contributed by atoms with Gasteiger partial charge in [0, 0.05) is 60.7 Å².